The number of aryl methyl sites for hydroxylation is 1. The minimum atomic E-state index is -4.96. The molecule has 3 heterocycles. The number of thiazole rings is 1. The molecule has 5 aromatic carbocycles. The van der Waals surface area contributed by atoms with Gasteiger partial charge in [0.1, 0.15) is 57.5 Å². The Morgan fingerprint density at radius 3 is 2.13 bits per heavy atom. The number of hydrogen-bond acceptors (Lipinski definition) is 19. The molecule has 4 N–H and O–H groups in total. The Kier molecular flexibility index (Phi) is 13.8. The van der Waals surface area contributed by atoms with E-state index < -0.39 is 53.4 Å². The third-order valence-corrected chi connectivity index (χ3v) is 13.6. The van der Waals surface area contributed by atoms with E-state index in [2.05, 4.69) is 46.7 Å². The zero-order valence-electron chi connectivity index (χ0n) is 36.4. The van der Waals surface area contributed by atoms with Crippen molar-refractivity contribution in [2.24, 2.45) is 30.7 Å². The summed E-state index contributed by atoms with van der Waals surface area (Å²) in [5.41, 5.74) is 3.23. The predicted molar refractivity (Wildman–Crippen MR) is 257 cm³/mol. The molecule has 0 bridgehead atoms. The number of azo groups is 3. The molecular weight excluding hydrogens is 989 g/mol. The first-order chi connectivity index (χ1) is 33.3. The highest BCUT2D eigenvalue weighted by molar-refractivity contribution is 7.86. The molecule has 0 aliphatic heterocycles. The lowest BCUT2D eigenvalue weighted by atomic mass is 10.1. The molecule has 8 rings (SSSR count). The Morgan fingerprint density at radius 2 is 1.40 bits per heavy atom. The quantitative estimate of drug-likeness (QED) is 0.0374. The minimum absolute atomic E-state index is 0.0128. The molecule has 0 fully saturated rings. The Morgan fingerprint density at radius 1 is 0.700 bits per heavy atom. The van der Waals surface area contributed by atoms with Crippen LogP contribution in [0.15, 0.2) is 133 Å². The van der Waals surface area contributed by atoms with Crippen LogP contribution in [-0.2, 0) is 30.4 Å². The summed E-state index contributed by atoms with van der Waals surface area (Å²) < 4.78 is 113. The fourth-order valence-corrected chi connectivity index (χ4v) is 9.47. The number of rotatable bonds is 17. The van der Waals surface area contributed by atoms with Gasteiger partial charge in [0.2, 0.25) is 11.0 Å². The average molecular weight is 1030 g/mol. The molecule has 0 aliphatic carbocycles. The topological polar surface area (TPSA) is 330 Å². The van der Waals surface area contributed by atoms with Crippen molar-refractivity contribution in [2.45, 2.75) is 25.2 Å². The molecule has 0 radical (unpaired) electrons. The van der Waals surface area contributed by atoms with Gasteiger partial charge in [0, 0.05) is 28.0 Å². The van der Waals surface area contributed by atoms with Crippen molar-refractivity contribution < 1.29 is 53.5 Å². The normalized spacial score (nSPS) is 12.6. The second-order valence-corrected chi connectivity index (χ2v) is 20.6. The first kappa shape index (κ1) is 48.8. The first-order valence-corrected chi connectivity index (χ1v) is 25.9. The van der Waals surface area contributed by atoms with Gasteiger partial charge in [-0.25, -0.2) is 9.97 Å². The molecule has 8 aromatic rings. The lowest BCUT2D eigenvalue weighted by molar-refractivity contribution is 0.317. The number of hydrogen-bond donors (Lipinski definition) is 4. The number of imidazole rings is 1. The SMILES string of the molecule is Cc1cc(N=Nc2c(C)c(C#N)c3nc4ccccc4n3c2O)c(OCCCS(=O)(=O)O)cc1N=Nc1nc(-c2ccccc2)c(N=Nc2ccc3c(OCCS(=O)(=O)O)cccc3c2S(=O)(=O)O)s1. The standard InChI is InChI=1S/C44H36N10O12S4/c1-25-22-34(50-51-38-26(2)30(24-45)41-46-31-13-6-7-14-35(31)54(41)43(38)55)37(65-18-9-20-68(56,57)58)23-33(25)49-53-44-47-39(27-10-4-3-5-11-27)42(67-44)52-48-32-17-16-28-29(40(32)70(62,63)64)12-8-15-36(28)66-19-21-69(59,60)61/h3-8,10-17,22-23,55H,9,18-21H2,1-2H3,(H,56,57,58)(H,59,60,61)(H,62,63,64). The molecule has 0 amide bonds. The highest BCUT2D eigenvalue weighted by Gasteiger charge is 2.24. The van der Waals surface area contributed by atoms with Crippen molar-refractivity contribution in [3.05, 3.63) is 114 Å². The van der Waals surface area contributed by atoms with Crippen LogP contribution < -0.4 is 9.47 Å². The number of nitriles is 1. The summed E-state index contributed by atoms with van der Waals surface area (Å²) in [6.45, 7) is 2.65. The summed E-state index contributed by atoms with van der Waals surface area (Å²) in [7, 11) is -13.6. The van der Waals surface area contributed by atoms with Crippen LogP contribution in [0, 0.1) is 25.2 Å². The van der Waals surface area contributed by atoms with Crippen molar-refractivity contribution in [1.82, 2.24) is 14.4 Å². The van der Waals surface area contributed by atoms with Gasteiger partial charge < -0.3 is 14.6 Å². The second kappa shape index (κ2) is 19.8. The number of para-hydroxylation sites is 2. The molecule has 0 unspecified atom stereocenters. The fraction of sp³-hybridized carbons (Fsp3) is 0.159. The molecule has 26 heteroatoms. The van der Waals surface area contributed by atoms with Crippen LogP contribution in [0.5, 0.6) is 17.4 Å². The van der Waals surface area contributed by atoms with E-state index in [1.54, 1.807) is 74.5 Å². The van der Waals surface area contributed by atoms with Crippen molar-refractivity contribution in [3.63, 3.8) is 0 Å². The number of aromatic hydroxyl groups is 1. The first-order valence-electron chi connectivity index (χ1n) is 20.5. The zero-order valence-corrected chi connectivity index (χ0v) is 39.7. The number of pyridine rings is 1. The van der Waals surface area contributed by atoms with Gasteiger partial charge in [0.15, 0.2) is 16.3 Å². The Balaban J connectivity index is 1.15. The molecule has 0 saturated heterocycles. The highest BCUT2D eigenvalue weighted by atomic mass is 32.2. The maximum Gasteiger partial charge on any atom is 0.297 e. The second-order valence-electron chi connectivity index (χ2n) is 15.1. The smallest absolute Gasteiger partial charge is 0.297 e. The van der Waals surface area contributed by atoms with E-state index in [4.69, 9.17) is 14.0 Å². The number of nitrogens with zero attached hydrogens (tertiary/aromatic N) is 10. The molecule has 0 atom stereocenters. The number of fused-ring (bicyclic) bond motifs is 4. The average Bonchev–Trinajstić information content (AvgIpc) is 3.90. The van der Waals surface area contributed by atoms with Gasteiger partial charge in [-0.2, -0.15) is 30.5 Å². The molecule has 22 nitrogen and oxygen atoms in total. The van der Waals surface area contributed by atoms with Crippen LogP contribution in [0.25, 0.3) is 38.7 Å². The number of benzene rings is 5. The van der Waals surface area contributed by atoms with Gasteiger partial charge in [-0.1, -0.05) is 65.9 Å². The van der Waals surface area contributed by atoms with Gasteiger partial charge in [-0.05, 0) is 62.2 Å². The molecule has 70 heavy (non-hydrogen) atoms. The Bertz CT molecular complexity index is 3850. The van der Waals surface area contributed by atoms with Gasteiger partial charge in [0.25, 0.3) is 30.4 Å². The van der Waals surface area contributed by atoms with Crippen molar-refractivity contribution in [1.29, 1.82) is 5.26 Å². The predicted octanol–water partition coefficient (Wildman–Crippen LogP) is 10.4. The lowest BCUT2D eigenvalue weighted by Gasteiger charge is -2.12. The fourth-order valence-electron chi connectivity index (χ4n) is 7.13. The van der Waals surface area contributed by atoms with Crippen LogP contribution >= 0.6 is 11.3 Å². The van der Waals surface area contributed by atoms with Crippen LogP contribution in [0.4, 0.5) is 32.9 Å². The molecule has 0 aliphatic rings. The van der Waals surface area contributed by atoms with E-state index in [9.17, 15) is 44.7 Å². The van der Waals surface area contributed by atoms with E-state index in [1.807, 2.05) is 0 Å². The van der Waals surface area contributed by atoms with Gasteiger partial charge in [-0.3, -0.25) is 18.1 Å². The van der Waals surface area contributed by atoms with Gasteiger partial charge >= 0.3 is 0 Å². The summed E-state index contributed by atoms with van der Waals surface area (Å²) in [6, 6.07) is 28.0. The van der Waals surface area contributed by atoms with Crippen molar-refractivity contribution in [3.8, 4) is 34.7 Å². The molecular formula is C44H36N10O12S4. The minimum Gasteiger partial charge on any atom is -0.493 e. The van der Waals surface area contributed by atoms with Crippen LogP contribution in [0.3, 0.4) is 0 Å². The summed E-state index contributed by atoms with van der Waals surface area (Å²) in [5.74, 6) is -1.50. The number of ether oxygens (including phenoxy) is 2. The van der Waals surface area contributed by atoms with Crippen LogP contribution in [0.2, 0.25) is 0 Å². The van der Waals surface area contributed by atoms with Crippen LogP contribution in [0.1, 0.15) is 23.1 Å². The van der Waals surface area contributed by atoms with Gasteiger partial charge in [-0.15, -0.1) is 30.7 Å². The monoisotopic (exact) mass is 1020 g/mol. The van der Waals surface area contributed by atoms with E-state index in [-0.39, 0.29) is 85.3 Å². The lowest BCUT2D eigenvalue weighted by Crippen LogP contribution is -2.12. The maximum atomic E-state index is 12.8. The molecule has 0 spiro atoms. The highest BCUT2D eigenvalue weighted by Crippen LogP contribution is 2.44. The largest absolute Gasteiger partial charge is 0.493 e. The Labute approximate surface area is 402 Å². The van der Waals surface area contributed by atoms with Crippen molar-refractivity contribution >= 4 is 102 Å². The van der Waals surface area contributed by atoms with E-state index >= 15 is 0 Å². The molecule has 0 saturated carbocycles. The third-order valence-electron chi connectivity index (χ3n) is 10.3. The summed E-state index contributed by atoms with van der Waals surface area (Å²) in [6.07, 6.45) is -0.102. The summed E-state index contributed by atoms with van der Waals surface area (Å²) in [5, 5.41) is 48.1. The summed E-state index contributed by atoms with van der Waals surface area (Å²) in [4.78, 5) is 8.54. The van der Waals surface area contributed by atoms with Crippen molar-refractivity contribution in [2.75, 3.05) is 24.7 Å². The van der Waals surface area contributed by atoms with E-state index in [0.717, 1.165) is 11.3 Å². The maximum absolute atomic E-state index is 12.8. The molecule has 358 valence electrons. The van der Waals surface area contributed by atoms with Crippen LogP contribution in [-0.4, -0.2) is 83.1 Å². The van der Waals surface area contributed by atoms with E-state index in [0.29, 0.717) is 33.4 Å². The summed E-state index contributed by atoms with van der Waals surface area (Å²) >= 11 is 0.937. The Hall–Kier alpha value is -7.64. The zero-order chi connectivity index (χ0) is 50.0. The number of aromatic nitrogens is 3. The molecule has 3 aromatic heterocycles. The van der Waals surface area contributed by atoms with E-state index in [1.165, 1.54) is 40.8 Å². The third kappa shape index (κ3) is 10.8. The van der Waals surface area contributed by atoms with Gasteiger partial charge in [0.05, 0.1) is 29.1 Å².